The van der Waals surface area contributed by atoms with Gasteiger partial charge in [0.05, 0.1) is 21.6 Å². The SMILES string of the molecule is CC(C(N)=S)N(C)C(=O)c1cc(Cl)ccc1Cl. The van der Waals surface area contributed by atoms with Gasteiger partial charge in [-0.05, 0) is 25.1 Å². The number of nitrogens with two attached hydrogens (primary N) is 1. The molecular formula is C11H12Cl2N2OS. The monoisotopic (exact) mass is 290 g/mol. The summed E-state index contributed by atoms with van der Waals surface area (Å²) < 4.78 is 0. The molecule has 1 unspecified atom stereocenters. The van der Waals surface area contributed by atoms with Gasteiger partial charge in [0.2, 0.25) is 0 Å². The van der Waals surface area contributed by atoms with Crippen molar-refractivity contribution in [3.63, 3.8) is 0 Å². The number of thiocarbonyl (C=S) groups is 1. The van der Waals surface area contributed by atoms with Crippen molar-refractivity contribution in [1.29, 1.82) is 0 Å². The zero-order valence-electron chi connectivity index (χ0n) is 9.41. The van der Waals surface area contributed by atoms with Crippen LogP contribution in [-0.4, -0.2) is 28.9 Å². The molecule has 1 amide bonds. The topological polar surface area (TPSA) is 46.3 Å². The molecule has 0 saturated heterocycles. The van der Waals surface area contributed by atoms with Crippen LogP contribution in [0.2, 0.25) is 10.0 Å². The number of amides is 1. The van der Waals surface area contributed by atoms with E-state index in [4.69, 9.17) is 41.2 Å². The molecule has 1 aromatic rings. The fourth-order valence-electron chi connectivity index (χ4n) is 1.22. The Bertz CT molecular complexity index is 465. The summed E-state index contributed by atoms with van der Waals surface area (Å²) in [5.41, 5.74) is 5.84. The lowest BCUT2D eigenvalue weighted by molar-refractivity contribution is 0.0779. The minimum absolute atomic E-state index is 0.249. The van der Waals surface area contributed by atoms with Crippen molar-refractivity contribution < 1.29 is 4.79 Å². The van der Waals surface area contributed by atoms with Crippen LogP contribution in [0.5, 0.6) is 0 Å². The predicted octanol–water partition coefficient (Wildman–Crippen LogP) is 2.74. The molecule has 0 bridgehead atoms. The van der Waals surface area contributed by atoms with Gasteiger partial charge in [-0.15, -0.1) is 0 Å². The molecule has 0 aliphatic carbocycles. The quantitative estimate of drug-likeness (QED) is 0.871. The van der Waals surface area contributed by atoms with E-state index in [-0.39, 0.29) is 16.9 Å². The van der Waals surface area contributed by atoms with Crippen LogP contribution < -0.4 is 5.73 Å². The minimum Gasteiger partial charge on any atom is -0.392 e. The maximum Gasteiger partial charge on any atom is 0.255 e. The van der Waals surface area contributed by atoms with Crippen molar-refractivity contribution in [3.05, 3.63) is 33.8 Å². The molecule has 0 saturated carbocycles. The Morgan fingerprint density at radius 2 is 2.06 bits per heavy atom. The van der Waals surface area contributed by atoms with Gasteiger partial charge < -0.3 is 10.6 Å². The lowest BCUT2D eigenvalue weighted by atomic mass is 10.1. The molecule has 0 aliphatic heterocycles. The Morgan fingerprint density at radius 3 is 2.59 bits per heavy atom. The van der Waals surface area contributed by atoms with Crippen LogP contribution in [0.25, 0.3) is 0 Å². The summed E-state index contributed by atoms with van der Waals surface area (Å²) in [5, 5.41) is 0.801. The highest BCUT2D eigenvalue weighted by molar-refractivity contribution is 7.80. The normalized spacial score (nSPS) is 12.0. The van der Waals surface area contributed by atoms with Crippen molar-refractivity contribution in [3.8, 4) is 0 Å². The number of likely N-dealkylation sites (N-methyl/N-ethyl adjacent to an activating group) is 1. The van der Waals surface area contributed by atoms with Gasteiger partial charge in [-0.2, -0.15) is 0 Å². The molecule has 0 spiro atoms. The highest BCUT2D eigenvalue weighted by Crippen LogP contribution is 2.22. The van der Waals surface area contributed by atoms with Gasteiger partial charge in [0, 0.05) is 12.1 Å². The third kappa shape index (κ3) is 3.31. The number of hydrogen-bond donors (Lipinski definition) is 1. The number of halogens is 2. The lowest BCUT2D eigenvalue weighted by Gasteiger charge is -2.24. The summed E-state index contributed by atoms with van der Waals surface area (Å²) in [6, 6.07) is 4.39. The molecule has 1 atom stereocenters. The molecule has 1 aromatic carbocycles. The van der Waals surface area contributed by atoms with E-state index < -0.39 is 0 Å². The van der Waals surface area contributed by atoms with Crippen LogP contribution in [0, 0.1) is 0 Å². The van der Waals surface area contributed by atoms with Gasteiger partial charge in [-0.25, -0.2) is 0 Å². The summed E-state index contributed by atoms with van der Waals surface area (Å²) >= 11 is 16.6. The van der Waals surface area contributed by atoms with Gasteiger partial charge in [0.1, 0.15) is 0 Å². The van der Waals surface area contributed by atoms with E-state index >= 15 is 0 Å². The molecule has 17 heavy (non-hydrogen) atoms. The Hall–Kier alpha value is -0.840. The average molecular weight is 291 g/mol. The summed E-state index contributed by atoms with van der Waals surface area (Å²) in [6.45, 7) is 1.75. The first-order valence-corrected chi connectivity index (χ1v) is 6.02. The lowest BCUT2D eigenvalue weighted by Crippen LogP contribution is -2.42. The molecule has 92 valence electrons. The molecule has 0 radical (unpaired) electrons. The van der Waals surface area contributed by atoms with Gasteiger partial charge in [0.15, 0.2) is 0 Å². The number of rotatable bonds is 3. The Kier molecular flexibility index (Phi) is 4.74. The number of carbonyl (C=O) groups excluding carboxylic acids is 1. The first kappa shape index (κ1) is 14.2. The highest BCUT2D eigenvalue weighted by atomic mass is 35.5. The third-order valence-corrected chi connectivity index (χ3v) is 3.38. The van der Waals surface area contributed by atoms with Crippen molar-refractivity contribution in [2.45, 2.75) is 13.0 Å². The molecule has 0 aliphatic rings. The summed E-state index contributed by atoms with van der Waals surface area (Å²) in [5.74, 6) is -0.266. The van der Waals surface area contributed by atoms with Crippen molar-refractivity contribution >= 4 is 46.3 Å². The van der Waals surface area contributed by atoms with E-state index in [0.717, 1.165) is 0 Å². The first-order valence-electron chi connectivity index (χ1n) is 4.86. The largest absolute Gasteiger partial charge is 0.392 e. The second-order valence-corrected chi connectivity index (χ2v) is 4.93. The second-order valence-electron chi connectivity index (χ2n) is 3.62. The Morgan fingerprint density at radius 1 is 1.47 bits per heavy atom. The molecule has 0 aromatic heterocycles. The number of benzene rings is 1. The molecule has 0 fully saturated rings. The van der Waals surface area contributed by atoms with Gasteiger partial charge in [0.25, 0.3) is 5.91 Å². The number of nitrogens with zero attached hydrogens (tertiary/aromatic N) is 1. The summed E-state index contributed by atoms with van der Waals surface area (Å²) in [4.78, 5) is 13.8. The fraction of sp³-hybridized carbons (Fsp3) is 0.273. The smallest absolute Gasteiger partial charge is 0.255 e. The van der Waals surface area contributed by atoms with E-state index in [1.54, 1.807) is 26.1 Å². The van der Waals surface area contributed by atoms with Gasteiger partial charge in [-0.1, -0.05) is 35.4 Å². The minimum atomic E-state index is -0.340. The molecule has 6 heteroatoms. The van der Waals surface area contributed by atoms with Gasteiger partial charge in [-0.3, -0.25) is 4.79 Å². The molecule has 3 nitrogen and oxygen atoms in total. The second kappa shape index (κ2) is 5.67. The van der Waals surface area contributed by atoms with E-state index in [0.29, 0.717) is 15.6 Å². The van der Waals surface area contributed by atoms with Crippen LogP contribution in [-0.2, 0) is 0 Å². The van der Waals surface area contributed by atoms with Gasteiger partial charge >= 0.3 is 0 Å². The maximum absolute atomic E-state index is 12.1. The number of carbonyl (C=O) groups is 1. The van der Waals surface area contributed by atoms with Crippen LogP contribution in [0.4, 0.5) is 0 Å². The molecule has 2 N–H and O–H groups in total. The summed E-state index contributed by atoms with van der Waals surface area (Å²) in [7, 11) is 1.61. The van der Waals surface area contributed by atoms with Crippen molar-refractivity contribution in [1.82, 2.24) is 4.90 Å². The predicted molar refractivity (Wildman–Crippen MR) is 74.8 cm³/mol. The first-order chi connectivity index (χ1) is 7.84. The van der Waals surface area contributed by atoms with Crippen LogP contribution >= 0.6 is 35.4 Å². The van der Waals surface area contributed by atoms with Crippen LogP contribution in [0.15, 0.2) is 18.2 Å². The molecule has 0 heterocycles. The zero-order chi connectivity index (χ0) is 13.2. The van der Waals surface area contributed by atoms with E-state index in [9.17, 15) is 4.79 Å². The van der Waals surface area contributed by atoms with E-state index in [1.807, 2.05) is 0 Å². The van der Waals surface area contributed by atoms with Crippen molar-refractivity contribution in [2.75, 3.05) is 7.05 Å². The van der Waals surface area contributed by atoms with E-state index in [1.165, 1.54) is 11.0 Å². The third-order valence-electron chi connectivity index (χ3n) is 2.47. The Balaban J connectivity index is 3.04. The highest BCUT2D eigenvalue weighted by Gasteiger charge is 2.21. The summed E-state index contributed by atoms with van der Waals surface area (Å²) in [6.07, 6.45) is 0. The fourth-order valence-corrected chi connectivity index (χ4v) is 1.75. The average Bonchev–Trinajstić information content (AvgIpc) is 2.29. The van der Waals surface area contributed by atoms with E-state index in [2.05, 4.69) is 0 Å². The maximum atomic E-state index is 12.1. The molecular weight excluding hydrogens is 279 g/mol. The Labute approximate surface area is 115 Å². The molecule has 1 rings (SSSR count). The van der Waals surface area contributed by atoms with Crippen LogP contribution in [0.1, 0.15) is 17.3 Å². The van der Waals surface area contributed by atoms with Crippen LogP contribution in [0.3, 0.4) is 0 Å². The zero-order valence-corrected chi connectivity index (χ0v) is 11.7. The van der Waals surface area contributed by atoms with Crippen molar-refractivity contribution in [2.24, 2.45) is 5.73 Å². The standard InChI is InChI=1S/C11H12Cl2N2OS/c1-6(10(14)17)15(2)11(16)8-5-7(12)3-4-9(8)13/h3-6H,1-2H3,(H2,14,17). The number of hydrogen-bond acceptors (Lipinski definition) is 2.